The van der Waals surface area contributed by atoms with E-state index in [-0.39, 0.29) is 5.91 Å². The van der Waals surface area contributed by atoms with Crippen LogP contribution in [0.15, 0.2) is 0 Å². The van der Waals surface area contributed by atoms with Gasteiger partial charge < -0.3 is 15.5 Å². The second-order valence-electron chi connectivity index (χ2n) is 5.65. The fraction of sp³-hybridized carbons (Fsp3) is 0.929. The number of amides is 1. The van der Waals surface area contributed by atoms with Crippen molar-refractivity contribution in [1.82, 2.24) is 15.5 Å². The van der Waals surface area contributed by atoms with E-state index in [0.717, 1.165) is 44.9 Å². The molecule has 4 heteroatoms. The predicted octanol–water partition coefficient (Wildman–Crippen LogP) is 0.978. The summed E-state index contributed by atoms with van der Waals surface area (Å²) in [6.07, 6.45) is 6.78. The molecule has 18 heavy (non-hydrogen) atoms. The highest BCUT2D eigenvalue weighted by Gasteiger charge is 2.15. The summed E-state index contributed by atoms with van der Waals surface area (Å²) < 4.78 is 0. The van der Waals surface area contributed by atoms with Crippen LogP contribution >= 0.6 is 0 Å². The summed E-state index contributed by atoms with van der Waals surface area (Å²) in [4.78, 5) is 14.1. The number of hydrogen-bond donors (Lipinski definition) is 2. The Balaban J connectivity index is 1.44. The Morgan fingerprint density at radius 3 is 2.89 bits per heavy atom. The topological polar surface area (TPSA) is 44.4 Å². The van der Waals surface area contributed by atoms with E-state index < -0.39 is 0 Å². The highest BCUT2D eigenvalue weighted by molar-refractivity contribution is 5.75. The monoisotopic (exact) mass is 253 g/mol. The summed E-state index contributed by atoms with van der Waals surface area (Å²) in [7, 11) is 0. The first-order valence-corrected chi connectivity index (χ1v) is 7.54. The Labute approximate surface area is 110 Å². The zero-order chi connectivity index (χ0) is 12.6. The second-order valence-corrected chi connectivity index (χ2v) is 5.65. The van der Waals surface area contributed by atoms with Gasteiger partial charge in [-0.15, -0.1) is 0 Å². The van der Waals surface area contributed by atoms with Gasteiger partial charge in [0.05, 0.1) is 0 Å². The number of carbonyl (C=O) groups is 1. The van der Waals surface area contributed by atoms with Crippen LogP contribution in [0, 0.1) is 5.92 Å². The van der Waals surface area contributed by atoms with Crippen LogP contribution in [0.25, 0.3) is 0 Å². The largest absolute Gasteiger partial charge is 0.356 e. The molecule has 2 rings (SSSR count). The third-order valence-corrected chi connectivity index (χ3v) is 4.11. The second kappa shape index (κ2) is 7.74. The molecule has 0 bridgehead atoms. The maximum Gasteiger partial charge on any atom is 0.220 e. The van der Waals surface area contributed by atoms with Crippen molar-refractivity contribution < 1.29 is 4.79 Å². The minimum absolute atomic E-state index is 0.239. The fourth-order valence-corrected chi connectivity index (χ4v) is 2.92. The Kier molecular flexibility index (Phi) is 5.94. The van der Waals surface area contributed by atoms with Gasteiger partial charge in [0.25, 0.3) is 0 Å². The maximum atomic E-state index is 11.7. The van der Waals surface area contributed by atoms with E-state index in [0.29, 0.717) is 6.42 Å². The molecule has 2 aliphatic heterocycles. The summed E-state index contributed by atoms with van der Waals surface area (Å²) in [5, 5.41) is 6.39. The summed E-state index contributed by atoms with van der Waals surface area (Å²) in [6, 6.07) is 0. The molecule has 0 aliphatic carbocycles. The van der Waals surface area contributed by atoms with Gasteiger partial charge in [-0.05, 0) is 70.7 Å². The molecule has 0 saturated carbocycles. The van der Waals surface area contributed by atoms with E-state index >= 15 is 0 Å². The molecule has 0 radical (unpaired) electrons. The van der Waals surface area contributed by atoms with Crippen molar-refractivity contribution in [3.8, 4) is 0 Å². The smallest absolute Gasteiger partial charge is 0.220 e. The minimum atomic E-state index is 0.239. The molecule has 2 saturated heterocycles. The Bertz CT molecular complexity index is 245. The number of carbonyl (C=O) groups excluding carboxylic acids is 1. The Morgan fingerprint density at radius 1 is 1.33 bits per heavy atom. The third kappa shape index (κ3) is 4.94. The van der Waals surface area contributed by atoms with E-state index in [2.05, 4.69) is 15.5 Å². The van der Waals surface area contributed by atoms with Crippen LogP contribution in [0.4, 0.5) is 0 Å². The van der Waals surface area contributed by atoms with Gasteiger partial charge in [-0.2, -0.15) is 0 Å². The van der Waals surface area contributed by atoms with Crippen molar-refractivity contribution in [1.29, 1.82) is 0 Å². The molecule has 1 atom stereocenters. The molecule has 0 aromatic carbocycles. The quantitative estimate of drug-likeness (QED) is 0.665. The molecule has 104 valence electrons. The first-order valence-electron chi connectivity index (χ1n) is 7.54. The van der Waals surface area contributed by atoms with Gasteiger partial charge in [-0.25, -0.2) is 0 Å². The highest BCUT2D eigenvalue weighted by atomic mass is 16.1. The lowest BCUT2D eigenvalue weighted by Crippen LogP contribution is -2.28. The highest BCUT2D eigenvalue weighted by Crippen LogP contribution is 2.13. The molecule has 1 unspecified atom stereocenters. The molecule has 4 nitrogen and oxygen atoms in total. The molecule has 2 heterocycles. The van der Waals surface area contributed by atoms with Crippen molar-refractivity contribution in [3.05, 3.63) is 0 Å². The van der Waals surface area contributed by atoms with Crippen LogP contribution in [0.3, 0.4) is 0 Å². The molecule has 1 amide bonds. The van der Waals surface area contributed by atoms with Crippen LogP contribution < -0.4 is 10.6 Å². The van der Waals surface area contributed by atoms with E-state index in [4.69, 9.17) is 0 Å². The summed E-state index contributed by atoms with van der Waals surface area (Å²) in [5.74, 6) is 0.962. The SMILES string of the molecule is O=C(CCC1CCNC1)NCCCN1CCCC1. The van der Waals surface area contributed by atoms with E-state index in [1.807, 2.05) is 0 Å². The first-order chi connectivity index (χ1) is 8.84. The van der Waals surface area contributed by atoms with Gasteiger partial charge in [0.2, 0.25) is 5.91 Å². The molecule has 2 aliphatic rings. The normalized spacial score (nSPS) is 24.6. The van der Waals surface area contributed by atoms with Crippen LogP contribution in [0.1, 0.15) is 38.5 Å². The Hall–Kier alpha value is -0.610. The van der Waals surface area contributed by atoms with Gasteiger partial charge >= 0.3 is 0 Å². The number of nitrogens with zero attached hydrogens (tertiary/aromatic N) is 1. The zero-order valence-electron chi connectivity index (χ0n) is 11.4. The van der Waals surface area contributed by atoms with Gasteiger partial charge in [0.15, 0.2) is 0 Å². The van der Waals surface area contributed by atoms with Crippen LogP contribution in [-0.4, -0.2) is 50.1 Å². The number of likely N-dealkylation sites (tertiary alicyclic amines) is 1. The van der Waals surface area contributed by atoms with E-state index in [1.165, 1.54) is 32.4 Å². The molecule has 0 spiro atoms. The maximum absolute atomic E-state index is 11.7. The number of nitrogens with one attached hydrogen (secondary N) is 2. The molecule has 0 aromatic heterocycles. The van der Waals surface area contributed by atoms with Crippen LogP contribution in [0.5, 0.6) is 0 Å². The lowest BCUT2D eigenvalue weighted by atomic mass is 10.0. The molecule has 2 fully saturated rings. The third-order valence-electron chi connectivity index (χ3n) is 4.11. The lowest BCUT2D eigenvalue weighted by molar-refractivity contribution is -0.121. The van der Waals surface area contributed by atoms with E-state index in [1.54, 1.807) is 0 Å². The van der Waals surface area contributed by atoms with Crippen LogP contribution in [-0.2, 0) is 4.79 Å². The summed E-state index contributed by atoms with van der Waals surface area (Å²) >= 11 is 0. The summed E-state index contributed by atoms with van der Waals surface area (Å²) in [5.41, 5.74) is 0. The average Bonchev–Trinajstić information content (AvgIpc) is 3.04. The van der Waals surface area contributed by atoms with Crippen molar-refractivity contribution in [2.24, 2.45) is 5.92 Å². The molecule has 0 aromatic rings. The van der Waals surface area contributed by atoms with Crippen molar-refractivity contribution in [2.75, 3.05) is 39.3 Å². The van der Waals surface area contributed by atoms with Crippen molar-refractivity contribution >= 4 is 5.91 Å². The molecule has 2 N–H and O–H groups in total. The van der Waals surface area contributed by atoms with Gasteiger partial charge in [0, 0.05) is 13.0 Å². The minimum Gasteiger partial charge on any atom is -0.356 e. The van der Waals surface area contributed by atoms with E-state index in [9.17, 15) is 4.79 Å². The van der Waals surface area contributed by atoms with Gasteiger partial charge in [-0.3, -0.25) is 4.79 Å². The van der Waals surface area contributed by atoms with Gasteiger partial charge in [0.1, 0.15) is 0 Å². The van der Waals surface area contributed by atoms with Gasteiger partial charge in [-0.1, -0.05) is 0 Å². The predicted molar refractivity (Wildman–Crippen MR) is 73.5 cm³/mol. The van der Waals surface area contributed by atoms with Crippen molar-refractivity contribution in [3.63, 3.8) is 0 Å². The zero-order valence-corrected chi connectivity index (χ0v) is 11.4. The van der Waals surface area contributed by atoms with Crippen molar-refractivity contribution in [2.45, 2.75) is 38.5 Å². The first kappa shape index (κ1) is 13.8. The Morgan fingerprint density at radius 2 is 2.17 bits per heavy atom. The fourth-order valence-electron chi connectivity index (χ4n) is 2.92. The molecular weight excluding hydrogens is 226 g/mol. The molecular formula is C14H27N3O. The lowest BCUT2D eigenvalue weighted by Gasteiger charge is -2.14. The summed E-state index contributed by atoms with van der Waals surface area (Å²) in [6.45, 7) is 6.72. The number of rotatable bonds is 7. The van der Waals surface area contributed by atoms with Crippen LogP contribution in [0.2, 0.25) is 0 Å². The average molecular weight is 253 g/mol. The number of hydrogen-bond acceptors (Lipinski definition) is 3. The standard InChI is InChI=1S/C14H27N3O/c18-14(5-4-13-6-8-15-12-13)16-7-3-11-17-9-1-2-10-17/h13,15H,1-12H2,(H,16,18).